The highest BCUT2D eigenvalue weighted by Gasteiger charge is 2.16. The third-order valence-corrected chi connectivity index (χ3v) is 1.62. The standard InChI is InChI=1S/C11H23NO/c1-10(2,3)8-7-9(13)12-11(4,5)6/h7-8H2,1-6H3,(H,12,13). The highest BCUT2D eigenvalue weighted by Crippen LogP contribution is 2.20. The average Bonchev–Trinajstić information content (AvgIpc) is 1.78. The Hall–Kier alpha value is -0.530. The van der Waals surface area contributed by atoms with Crippen molar-refractivity contribution in [3.63, 3.8) is 0 Å². The summed E-state index contributed by atoms with van der Waals surface area (Å²) in [6.45, 7) is 12.5. The first-order chi connectivity index (χ1) is 5.60. The number of carbonyl (C=O) groups is 1. The maximum absolute atomic E-state index is 11.4. The van der Waals surface area contributed by atoms with Crippen molar-refractivity contribution in [3.05, 3.63) is 0 Å². The number of carbonyl (C=O) groups excluding carboxylic acids is 1. The van der Waals surface area contributed by atoms with Crippen LogP contribution in [0.1, 0.15) is 54.4 Å². The fourth-order valence-corrected chi connectivity index (χ4v) is 0.969. The first-order valence-corrected chi connectivity index (χ1v) is 4.91. The summed E-state index contributed by atoms with van der Waals surface area (Å²) in [5.41, 5.74) is 0.143. The van der Waals surface area contributed by atoms with Crippen molar-refractivity contribution in [1.82, 2.24) is 5.32 Å². The maximum Gasteiger partial charge on any atom is 0.220 e. The molecule has 0 unspecified atom stereocenters. The minimum Gasteiger partial charge on any atom is -0.352 e. The molecule has 78 valence electrons. The molecule has 0 rings (SSSR count). The van der Waals surface area contributed by atoms with E-state index in [1.807, 2.05) is 20.8 Å². The predicted octanol–water partition coefficient (Wildman–Crippen LogP) is 2.73. The summed E-state index contributed by atoms with van der Waals surface area (Å²) in [6.07, 6.45) is 1.57. The van der Waals surface area contributed by atoms with Gasteiger partial charge in [-0.2, -0.15) is 0 Å². The summed E-state index contributed by atoms with van der Waals surface area (Å²) >= 11 is 0. The first kappa shape index (κ1) is 12.5. The molecule has 0 heterocycles. The van der Waals surface area contributed by atoms with Gasteiger partial charge in [-0.1, -0.05) is 20.8 Å². The van der Waals surface area contributed by atoms with E-state index in [2.05, 4.69) is 26.1 Å². The van der Waals surface area contributed by atoms with Gasteiger partial charge in [-0.15, -0.1) is 0 Å². The van der Waals surface area contributed by atoms with E-state index in [1.54, 1.807) is 0 Å². The van der Waals surface area contributed by atoms with Gasteiger partial charge in [0.15, 0.2) is 0 Å². The lowest BCUT2D eigenvalue weighted by molar-refractivity contribution is -0.123. The highest BCUT2D eigenvalue weighted by atomic mass is 16.1. The monoisotopic (exact) mass is 185 g/mol. The van der Waals surface area contributed by atoms with E-state index in [-0.39, 0.29) is 16.9 Å². The van der Waals surface area contributed by atoms with Crippen LogP contribution in [0.15, 0.2) is 0 Å². The molecule has 0 aromatic rings. The normalized spacial score (nSPS) is 12.8. The van der Waals surface area contributed by atoms with Crippen LogP contribution in [-0.2, 0) is 4.79 Å². The van der Waals surface area contributed by atoms with E-state index in [0.29, 0.717) is 6.42 Å². The molecule has 2 heteroatoms. The minimum atomic E-state index is -0.102. The van der Waals surface area contributed by atoms with E-state index in [9.17, 15) is 4.79 Å². The quantitative estimate of drug-likeness (QED) is 0.704. The van der Waals surface area contributed by atoms with Gasteiger partial charge in [0.25, 0.3) is 0 Å². The van der Waals surface area contributed by atoms with Crippen molar-refractivity contribution in [2.75, 3.05) is 0 Å². The van der Waals surface area contributed by atoms with E-state index in [4.69, 9.17) is 0 Å². The van der Waals surface area contributed by atoms with Crippen molar-refractivity contribution in [2.45, 2.75) is 59.9 Å². The summed E-state index contributed by atoms with van der Waals surface area (Å²) in [7, 11) is 0. The smallest absolute Gasteiger partial charge is 0.220 e. The Morgan fingerprint density at radius 2 is 1.54 bits per heavy atom. The highest BCUT2D eigenvalue weighted by molar-refractivity contribution is 5.76. The zero-order valence-electron chi connectivity index (χ0n) is 9.82. The minimum absolute atomic E-state index is 0.102. The SMILES string of the molecule is CC(C)(C)CCC(=O)NC(C)(C)C. The Morgan fingerprint density at radius 1 is 1.08 bits per heavy atom. The van der Waals surface area contributed by atoms with Gasteiger partial charge in [-0.25, -0.2) is 0 Å². The topological polar surface area (TPSA) is 29.1 Å². The molecule has 13 heavy (non-hydrogen) atoms. The second kappa shape index (κ2) is 4.12. The maximum atomic E-state index is 11.4. The first-order valence-electron chi connectivity index (χ1n) is 4.91. The molecule has 0 aliphatic heterocycles. The molecule has 0 aliphatic carbocycles. The summed E-state index contributed by atoms with van der Waals surface area (Å²) in [4.78, 5) is 11.4. The molecule has 0 spiro atoms. The van der Waals surface area contributed by atoms with E-state index >= 15 is 0 Å². The molecule has 0 saturated carbocycles. The van der Waals surface area contributed by atoms with Crippen LogP contribution in [-0.4, -0.2) is 11.4 Å². The Morgan fingerprint density at radius 3 is 1.85 bits per heavy atom. The molecule has 2 nitrogen and oxygen atoms in total. The second-order valence-corrected chi connectivity index (χ2v) is 5.86. The molecule has 0 atom stereocenters. The predicted molar refractivity (Wildman–Crippen MR) is 56.6 cm³/mol. The van der Waals surface area contributed by atoms with Gasteiger partial charge in [0.05, 0.1) is 0 Å². The molecule has 1 amide bonds. The van der Waals surface area contributed by atoms with Crippen LogP contribution in [0.25, 0.3) is 0 Å². The lowest BCUT2D eigenvalue weighted by Crippen LogP contribution is -2.40. The molecule has 1 N–H and O–H groups in total. The van der Waals surface area contributed by atoms with Crippen LogP contribution in [0.2, 0.25) is 0 Å². The van der Waals surface area contributed by atoms with E-state index in [1.165, 1.54) is 0 Å². The molecular formula is C11H23NO. The number of amides is 1. The van der Waals surface area contributed by atoms with Crippen LogP contribution in [0.3, 0.4) is 0 Å². The summed E-state index contributed by atoms with van der Waals surface area (Å²) in [5, 5.41) is 2.95. The van der Waals surface area contributed by atoms with Crippen LogP contribution in [0.5, 0.6) is 0 Å². The molecule has 0 radical (unpaired) electrons. The van der Waals surface area contributed by atoms with Crippen molar-refractivity contribution in [2.24, 2.45) is 5.41 Å². The molecule has 0 aromatic carbocycles. The van der Waals surface area contributed by atoms with Gasteiger partial charge in [0.1, 0.15) is 0 Å². The number of nitrogens with one attached hydrogen (secondary N) is 1. The van der Waals surface area contributed by atoms with E-state index < -0.39 is 0 Å². The third kappa shape index (κ3) is 9.38. The van der Waals surface area contributed by atoms with Crippen LogP contribution in [0.4, 0.5) is 0 Å². The van der Waals surface area contributed by atoms with Crippen molar-refractivity contribution >= 4 is 5.91 Å². The molecule has 0 aromatic heterocycles. The van der Waals surface area contributed by atoms with Gasteiger partial charge in [0, 0.05) is 12.0 Å². The second-order valence-electron chi connectivity index (χ2n) is 5.86. The molecule has 0 bridgehead atoms. The lowest BCUT2D eigenvalue weighted by Gasteiger charge is -2.22. The van der Waals surface area contributed by atoms with Crippen LogP contribution in [0, 0.1) is 5.41 Å². The van der Waals surface area contributed by atoms with Crippen LogP contribution >= 0.6 is 0 Å². The van der Waals surface area contributed by atoms with Gasteiger partial charge < -0.3 is 5.32 Å². The Balaban J connectivity index is 3.78. The van der Waals surface area contributed by atoms with Gasteiger partial charge in [-0.05, 0) is 32.6 Å². The number of rotatable bonds is 2. The Bertz CT molecular complexity index is 172. The zero-order valence-corrected chi connectivity index (χ0v) is 9.82. The summed E-state index contributed by atoms with van der Waals surface area (Å²) in [6, 6.07) is 0. The Kier molecular flexibility index (Phi) is 3.95. The van der Waals surface area contributed by atoms with Crippen molar-refractivity contribution in [3.8, 4) is 0 Å². The van der Waals surface area contributed by atoms with Gasteiger partial charge in [-0.3, -0.25) is 4.79 Å². The average molecular weight is 185 g/mol. The van der Waals surface area contributed by atoms with Crippen molar-refractivity contribution < 1.29 is 4.79 Å². The number of hydrogen-bond donors (Lipinski definition) is 1. The molecule has 0 saturated heterocycles. The summed E-state index contributed by atoms with van der Waals surface area (Å²) < 4.78 is 0. The van der Waals surface area contributed by atoms with Crippen molar-refractivity contribution in [1.29, 1.82) is 0 Å². The Labute approximate surface area is 82.1 Å². The van der Waals surface area contributed by atoms with Gasteiger partial charge in [0.2, 0.25) is 5.91 Å². The third-order valence-electron chi connectivity index (χ3n) is 1.62. The van der Waals surface area contributed by atoms with Gasteiger partial charge >= 0.3 is 0 Å². The zero-order chi connectivity index (χ0) is 10.7. The van der Waals surface area contributed by atoms with E-state index in [0.717, 1.165) is 6.42 Å². The largest absolute Gasteiger partial charge is 0.352 e. The molecule has 0 fully saturated rings. The molecular weight excluding hydrogens is 162 g/mol. The fourth-order valence-electron chi connectivity index (χ4n) is 0.969. The lowest BCUT2D eigenvalue weighted by atomic mass is 9.90. The van der Waals surface area contributed by atoms with Crippen LogP contribution < -0.4 is 5.32 Å². The molecule has 0 aliphatic rings. The summed E-state index contributed by atoms with van der Waals surface area (Å²) in [5.74, 6) is 0.155. The fraction of sp³-hybridized carbons (Fsp3) is 0.909. The number of hydrogen-bond acceptors (Lipinski definition) is 1.